The van der Waals surface area contributed by atoms with Crippen LogP contribution in [0.5, 0.6) is 0 Å². The van der Waals surface area contributed by atoms with Crippen molar-refractivity contribution in [2.75, 3.05) is 7.05 Å². The first kappa shape index (κ1) is 8.98. The summed E-state index contributed by atoms with van der Waals surface area (Å²) < 4.78 is 2.40. The maximum absolute atomic E-state index is 3.41. The van der Waals surface area contributed by atoms with E-state index in [2.05, 4.69) is 54.3 Å². The average molecular weight is 200 g/mol. The van der Waals surface area contributed by atoms with Crippen LogP contribution in [0.3, 0.4) is 0 Å². The van der Waals surface area contributed by atoms with Gasteiger partial charge < -0.3 is 9.88 Å². The molecule has 0 saturated heterocycles. The Labute approximate surface area is 89.9 Å². The van der Waals surface area contributed by atoms with Crippen molar-refractivity contribution in [3.8, 4) is 0 Å². The summed E-state index contributed by atoms with van der Waals surface area (Å²) in [5.74, 6) is 0. The number of hydrogen-bond donors (Lipinski definition) is 1. The van der Waals surface area contributed by atoms with Crippen molar-refractivity contribution in [1.29, 1.82) is 0 Å². The topological polar surface area (TPSA) is 17.0 Å². The third-order valence-corrected chi connectivity index (χ3v) is 3.66. The molecule has 0 bridgehead atoms. The Morgan fingerprint density at radius 3 is 3.00 bits per heavy atom. The van der Waals surface area contributed by atoms with Gasteiger partial charge in [-0.3, -0.25) is 0 Å². The third kappa shape index (κ3) is 1.15. The van der Waals surface area contributed by atoms with Crippen LogP contribution in [0.15, 0.2) is 30.5 Å². The normalized spacial score (nSPS) is 24.7. The molecule has 78 valence electrons. The van der Waals surface area contributed by atoms with Crippen molar-refractivity contribution in [3.05, 3.63) is 36.0 Å². The molecular formula is C13H16N2. The first-order valence-electron chi connectivity index (χ1n) is 5.57. The van der Waals surface area contributed by atoms with Gasteiger partial charge in [-0.1, -0.05) is 18.2 Å². The van der Waals surface area contributed by atoms with E-state index in [1.807, 2.05) is 0 Å². The van der Waals surface area contributed by atoms with Gasteiger partial charge in [0.1, 0.15) is 0 Å². The summed E-state index contributed by atoms with van der Waals surface area (Å²) in [6.07, 6.45) is 3.35. The van der Waals surface area contributed by atoms with E-state index in [1.165, 1.54) is 16.5 Å². The molecule has 1 N–H and O–H groups in total. The van der Waals surface area contributed by atoms with Gasteiger partial charge in [-0.15, -0.1) is 0 Å². The van der Waals surface area contributed by atoms with Gasteiger partial charge in [-0.05, 0) is 37.4 Å². The van der Waals surface area contributed by atoms with Crippen molar-refractivity contribution in [2.45, 2.75) is 25.4 Å². The molecular weight excluding hydrogens is 184 g/mol. The van der Waals surface area contributed by atoms with Gasteiger partial charge in [0.2, 0.25) is 0 Å². The van der Waals surface area contributed by atoms with Gasteiger partial charge in [0.25, 0.3) is 0 Å². The fraction of sp³-hybridized carbons (Fsp3) is 0.385. The summed E-state index contributed by atoms with van der Waals surface area (Å²) in [6, 6.07) is 9.91. The zero-order valence-corrected chi connectivity index (χ0v) is 9.20. The molecule has 2 atom stereocenters. The fourth-order valence-electron chi connectivity index (χ4n) is 2.74. The Morgan fingerprint density at radius 1 is 1.33 bits per heavy atom. The average Bonchev–Trinajstić information content (AvgIpc) is 2.69. The summed E-state index contributed by atoms with van der Waals surface area (Å²) in [4.78, 5) is 0. The lowest BCUT2D eigenvalue weighted by Gasteiger charge is -2.31. The number of nitrogens with one attached hydrogen (secondary N) is 1. The number of para-hydroxylation sites is 1. The van der Waals surface area contributed by atoms with E-state index in [1.54, 1.807) is 0 Å². The second-order valence-electron chi connectivity index (χ2n) is 4.42. The Kier molecular flexibility index (Phi) is 1.86. The lowest BCUT2D eigenvalue weighted by molar-refractivity contribution is 0.383. The van der Waals surface area contributed by atoms with Crippen LogP contribution in [0.4, 0.5) is 0 Å². The fourth-order valence-corrected chi connectivity index (χ4v) is 2.74. The molecule has 0 fully saturated rings. The molecule has 2 heterocycles. The lowest BCUT2D eigenvalue weighted by atomic mass is 9.95. The lowest BCUT2D eigenvalue weighted by Crippen LogP contribution is -2.38. The second kappa shape index (κ2) is 3.11. The highest BCUT2D eigenvalue weighted by Crippen LogP contribution is 2.31. The first-order valence-corrected chi connectivity index (χ1v) is 5.57. The molecule has 0 aliphatic carbocycles. The molecule has 1 aliphatic rings. The summed E-state index contributed by atoms with van der Waals surface area (Å²) in [5, 5.41) is 4.78. The van der Waals surface area contributed by atoms with Crippen LogP contribution in [0.25, 0.3) is 10.9 Å². The summed E-state index contributed by atoms with van der Waals surface area (Å²) in [5.41, 5.74) is 2.89. The zero-order chi connectivity index (χ0) is 10.4. The van der Waals surface area contributed by atoms with Crippen LogP contribution >= 0.6 is 0 Å². The van der Waals surface area contributed by atoms with Crippen LogP contribution < -0.4 is 5.32 Å². The van der Waals surface area contributed by atoms with E-state index < -0.39 is 0 Å². The predicted octanol–water partition coefficient (Wildman–Crippen LogP) is 2.35. The largest absolute Gasteiger partial charge is 0.343 e. The quantitative estimate of drug-likeness (QED) is 0.747. The van der Waals surface area contributed by atoms with Crippen molar-refractivity contribution in [3.63, 3.8) is 0 Å². The summed E-state index contributed by atoms with van der Waals surface area (Å²) in [6.45, 7) is 2.29. The highest BCUT2D eigenvalue weighted by atomic mass is 15.1. The van der Waals surface area contributed by atoms with Gasteiger partial charge in [-0.2, -0.15) is 0 Å². The van der Waals surface area contributed by atoms with Crippen molar-refractivity contribution in [2.24, 2.45) is 0 Å². The van der Waals surface area contributed by atoms with E-state index in [0.717, 1.165) is 6.42 Å². The number of nitrogens with zero attached hydrogens (tertiary/aromatic N) is 1. The highest BCUT2D eigenvalue weighted by molar-refractivity contribution is 5.84. The first-order chi connectivity index (χ1) is 7.31. The van der Waals surface area contributed by atoms with Crippen LogP contribution in [0.1, 0.15) is 18.5 Å². The van der Waals surface area contributed by atoms with E-state index in [0.29, 0.717) is 12.1 Å². The highest BCUT2D eigenvalue weighted by Gasteiger charge is 2.25. The van der Waals surface area contributed by atoms with Crippen LogP contribution in [-0.4, -0.2) is 17.7 Å². The molecule has 1 aliphatic heterocycles. The van der Waals surface area contributed by atoms with Gasteiger partial charge in [0.05, 0.1) is 5.52 Å². The van der Waals surface area contributed by atoms with Gasteiger partial charge in [0.15, 0.2) is 0 Å². The van der Waals surface area contributed by atoms with E-state index in [9.17, 15) is 0 Å². The number of likely N-dealkylation sites (N-methyl/N-ethyl adjacent to an activating group) is 1. The number of rotatable bonds is 1. The van der Waals surface area contributed by atoms with E-state index in [4.69, 9.17) is 0 Å². The van der Waals surface area contributed by atoms with Crippen molar-refractivity contribution in [1.82, 2.24) is 9.88 Å². The zero-order valence-electron chi connectivity index (χ0n) is 9.20. The molecule has 1 aromatic heterocycles. The standard InChI is InChI=1S/C13H16N2/c1-9-12(14-2)8-11-5-3-4-10-6-7-15(9)13(10)11/h3-7,9,12,14H,8H2,1-2H3/t9-,12+/m1/s1. The van der Waals surface area contributed by atoms with Crippen LogP contribution in [0.2, 0.25) is 0 Å². The number of hydrogen-bond acceptors (Lipinski definition) is 1. The molecule has 0 radical (unpaired) electrons. The van der Waals surface area contributed by atoms with Crippen molar-refractivity contribution < 1.29 is 0 Å². The monoisotopic (exact) mass is 200 g/mol. The van der Waals surface area contributed by atoms with Crippen LogP contribution in [0, 0.1) is 0 Å². The SMILES string of the molecule is CN[C@H]1Cc2cccc3ccn(c23)[C@@H]1C. The molecule has 0 spiro atoms. The minimum absolute atomic E-state index is 0.544. The predicted molar refractivity (Wildman–Crippen MR) is 63.2 cm³/mol. The Hall–Kier alpha value is -1.28. The van der Waals surface area contributed by atoms with E-state index >= 15 is 0 Å². The minimum atomic E-state index is 0.544. The second-order valence-corrected chi connectivity index (χ2v) is 4.42. The molecule has 3 rings (SSSR count). The molecule has 0 saturated carbocycles. The molecule has 15 heavy (non-hydrogen) atoms. The maximum atomic E-state index is 3.41. The number of aromatic nitrogens is 1. The summed E-state index contributed by atoms with van der Waals surface area (Å²) >= 11 is 0. The summed E-state index contributed by atoms with van der Waals surface area (Å²) in [7, 11) is 2.05. The van der Waals surface area contributed by atoms with Gasteiger partial charge in [-0.25, -0.2) is 0 Å². The minimum Gasteiger partial charge on any atom is -0.343 e. The molecule has 2 aromatic rings. The maximum Gasteiger partial charge on any atom is 0.0516 e. The Balaban J connectivity index is 2.27. The van der Waals surface area contributed by atoms with Gasteiger partial charge >= 0.3 is 0 Å². The Morgan fingerprint density at radius 2 is 2.20 bits per heavy atom. The molecule has 2 heteroatoms. The van der Waals surface area contributed by atoms with E-state index in [-0.39, 0.29) is 0 Å². The van der Waals surface area contributed by atoms with Crippen molar-refractivity contribution >= 4 is 10.9 Å². The van der Waals surface area contributed by atoms with Gasteiger partial charge in [0, 0.05) is 18.3 Å². The number of benzene rings is 1. The molecule has 1 aromatic carbocycles. The Bertz CT molecular complexity index is 498. The van der Waals surface area contributed by atoms with Crippen LogP contribution in [-0.2, 0) is 6.42 Å². The third-order valence-electron chi connectivity index (χ3n) is 3.66. The molecule has 0 amide bonds. The molecule has 0 unspecified atom stereocenters. The smallest absolute Gasteiger partial charge is 0.0516 e. The molecule has 2 nitrogen and oxygen atoms in total.